The number of aromatic amines is 1. The number of carbonyl (C=O) groups is 2. The van der Waals surface area contributed by atoms with Gasteiger partial charge in [-0.1, -0.05) is 24.6 Å². The van der Waals surface area contributed by atoms with Gasteiger partial charge in [0.25, 0.3) is 0 Å². The van der Waals surface area contributed by atoms with Gasteiger partial charge in [-0.05, 0) is 25.5 Å². The summed E-state index contributed by atoms with van der Waals surface area (Å²) >= 11 is 0. The highest BCUT2D eigenvalue weighted by Crippen LogP contribution is 2.23. The van der Waals surface area contributed by atoms with Crippen molar-refractivity contribution in [2.45, 2.75) is 39.3 Å². The molecule has 0 saturated heterocycles. The largest absolute Gasteiger partial charge is 0.476 e. The number of aromatic nitrogens is 2. The van der Waals surface area contributed by atoms with E-state index >= 15 is 0 Å². The van der Waals surface area contributed by atoms with Crippen LogP contribution < -0.4 is 5.32 Å². The topological polar surface area (TPSA) is 98.3 Å². The van der Waals surface area contributed by atoms with Gasteiger partial charge in [-0.3, -0.25) is 14.8 Å². The number of nitrogens with one attached hydrogen (secondary N) is 2. The maximum absolute atomic E-state index is 12.7. The van der Waals surface area contributed by atoms with Crippen LogP contribution in [0.3, 0.4) is 0 Å². The van der Waals surface area contributed by atoms with Crippen LogP contribution in [-0.4, -0.2) is 44.7 Å². The van der Waals surface area contributed by atoms with Gasteiger partial charge in [0.15, 0.2) is 5.69 Å². The van der Waals surface area contributed by atoms with Crippen LogP contribution in [0.25, 0.3) is 0 Å². The molecule has 1 aliphatic heterocycles. The first-order valence-electron chi connectivity index (χ1n) is 8.40. The molecule has 2 heterocycles. The van der Waals surface area contributed by atoms with E-state index in [4.69, 9.17) is 0 Å². The maximum atomic E-state index is 12.7. The van der Waals surface area contributed by atoms with Crippen LogP contribution in [0.2, 0.25) is 0 Å². The number of nitrogens with zero attached hydrogens (tertiary/aromatic N) is 2. The van der Waals surface area contributed by atoms with Gasteiger partial charge in [0.2, 0.25) is 5.91 Å². The van der Waals surface area contributed by atoms with E-state index in [0.29, 0.717) is 31.5 Å². The number of aryl methyl sites for hydroxylation is 1. The van der Waals surface area contributed by atoms with E-state index in [0.717, 1.165) is 16.9 Å². The van der Waals surface area contributed by atoms with Crippen LogP contribution in [0, 0.1) is 6.92 Å². The van der Waals surface area contributed by atoms with Crippen molar-refractivity contribution in [2.75, 3.05) is 11.9 Å². The number of amides is 1. The molecule has 1 aliphatic rings. The zero-order valence-corrected chi connectivity index (χ0v) is 14.4. The van der Waals surface area contributed by atoms with E-state index < -0.39 is 5.97 Å². The number of H-pyrrole nitrogens is 1. The van der Waals surface area contributed by atoms with Crippen molar-refractivity contribution in [1.82, 2.24) is 15.1 Å². The van der Waals surface area contributed by atoms with Gasteiger partial charge in [-0.15, -0.1) is 0 Å². The molecular weight excluding hydrogens is 320 g/mol. The van der Waals surface area contributed by atoms with E-state index in [1.165, 1.54) is 0 Å². The fourth-order valence-corrected chi connectivity index (χ4v) is 3.23. The minimum atomic E-state index is -1.04. The van der Waals surface area contributed by atoms with Gasteiger partial charge in [0, 0.05) is 36.5 Å². The Labute approximate surface area is 146 Å². The standard InChI is InChI=1S/C18H22N4O3/c1-3-15(17(23)19-12-6-4-11(2)5-7-12)22-9-8-14-13(10-22)16(18(24)25)21-20-14/h4-7,15H,3,8-10H2,1-2H3,(H,19,23)(H,20,21)(H,24,25)/t15-/m0/s1. The molecule has 1 amide bonds. The molecule has 2 aromatic rings. The van der Waals surface area contributed by atoms with Crippen molar-refractivity contribution < 1.29 is 14.7 Å². The van der Waals surface area contributed by atoms with E-state index in [-0.39, 0.29) is 17.6 Å². The van der Waals surface area contributed by atoms with E-state index in [1.807, 2.05) is 43.0 Å². The molecule has 0 spiro atoms. The molecule has 3 rings (SSSR count). The number of rotatable bonds is 5. The number of hydrogen-bond acceptors (Lipinski definition) is 4. The Balaban J connectivity index is 1.74. The normalized spacial score (nSPS) is 15.4. The van der Waals surface area contributed by atoms with Crippen LogP contribution in [0.1, 0.15) is 40.7 Å². The summed E-state index contributed by atoms with van der Waals surface area (Å²) in [4.78, 5) is 26.0. The molecule has 0 saturated carbocycles. The molecule has 0 radical (unpaired) electrons. The second kappa shape index (κ2) is 7.06. The predicted octanol–water partition coefficient (Wildman–Crippen LogP) is 2.19. The van der Waals surface area contributed by atoms with Crippen molar-refractivity contribution in [3.63, 3.8) is 0 Å². The molecule has 0 aliphatic carbocycles. The fourth-order valence-electron chi connectivity index (χ4n) is 3.23. The number of carbonyl (C=O) groups excluding carboxylic acids is 1. The molecule has 0 fully saturated rings. The van der Waals surface area contributed by atoms with Gasteiger partial charge in [-0.2, -0.15) is 5.10 Å². The van der Waals surface area contributed by atoms with Gasteiger partial charge in [-0.25, -0.2) is 4.79 Å². The molecule has 0 bridgehead atoms. The van der Waals surface area contributed by atoms with E-state index in [2.05, 4.69) is 15.5 Å². The lowest BCUT2D eigenvalue weighted by Gasteiger charge is -2.33. The second-order valence-electron chi connectivity index (χ2n) is 6.33. The number of fused-ring (bicyclic) bond motifs is 1. The summed E-state index contributed by atoms with van der Waals surface area (Å²) in [6, 6.07) is 7.36. The SMILES string of the molecule is CC[C@@H](C(=O)Nc1ccc(C)cc1)N1CCc2[nH]nc(C(=O)O)c2C1. The minimum Gasteiger partial charge on any atom is -0.476 e. The zero-order valence-electron chi connectivity index (χ0n) is 14.4. The third kappa shape index (κ3) is 3.56. The van der Waals surface area contributed by atoms with Crippen LogP contribution in [0.5, 0.6) is 0 Å². The lowest BCUT2D eigenvalue weighted by atomic mass is 10.0. The highest BCUT2D eigenvalue weighted by Gasteiger charge is 2.31. The maximum Gasteiger partial charge on any atom is 0.356 e. The Bertz CT molecular complexity index is 782. The summed E-state index contributed by atoms with van der Waals surface area (Å²) in [6.07, 6.45) is 1.30. The first kappa shape index (κ1) is 17.2. The Kier molecular flexibility index (Phi) is 4.85. The summed E-state index contributed by atoms with van der Waals surface area (Å²) < 4.78 is 0. The number of anilines is 1. The summed E-state index contributed by atoms with van der Waals surface area (Å²) in [7, 11) is 0. The predicted molar refractivity (Wildman–Crippen MR) is 93.5 cm³/mol. The summed E-state index contributed by atoms with van der Waals surface area (Å²) in [5.74, 6) is -1.12. The Hall–Kier alpha value is -2.67. The summed E-state index contributed by atoms with van der Waals surface area (Å²) in [5.41, 5.74) is 3.48. The van der Waals surface area contributed by atoms with Crippen molar-refractivity contribution in [2.24, 2.45) is 0 Å². The van der Waals surface area contributed by atoms with Crippen molar-refractivity contribution in [3.05, 3.63) is 46.8 Å². The highest BCUT2D eigenvalue weighted by molar-refractivity contribution is 5.95. The van der Waals surface area contributed by atoms with Crippen molar-refractivity contribution in [3.8, 4) is 0 Å². The number of aromatic carboxylic acids is 1. The highest BCUT2D eigenvalue weighted by atomic mass is 16.4. The average Bonchev–Trinajstić information content (AvgIpc) is 3.01. The van der Waals surface area contributed by atoms with E-state index in [9.17, 15) is 14.7 Å². The molecule has 7 nitrogen and oxygen atoms in total. The van der Waals surface area contributed by atoms with E-state index in [1.54, 1.807) is 0 Å². The van der Waals surface area contributed by atoms with Crippen LogP contribution in [0.15, 0.2) is 24.3 Å². The van der Waals surface area contributed by atoms with Crippen LogP contribution in [-0.2, 0) is 17.8 Å². The molecule has 25 heavy (non-hydrogen) atoms. The monoisotopic (exact) mass is 342 g/mol. The number of benzene rings is 1. The minimum absolute atomic E-state index is 0.0495. The lowest BCUT2D eigenvalue weighted by molar-refractivity contribution is -0.121. The number of hydrogen-bond donors (Lipinski definition) is 3. The Morgan fingerprint density at radius 2 is 2.08 bits per heavy atom. The van der Waals surface area contributed by atoms with Gasteiger partial charge in [0.05, 0.1) is 6.04 Å². The Morgan fingerprint density at radius 3 is 2.72 bits per heavy atom. The van der Waals surface area contributed by atoms with Crippen molar-refractivity contribution in [1.29, 1.82) is 0 Å². The van der Waals surface area contributed by atoms with Gasteiger partial charge in [0.1, 0.15) is 0 Å². The average molecular weight is 342 g/mol. The number of carboxylic acids is 1. The molecule has 1 atom stereocenters. The molecular formula is C18H22N4O3. The van der Waals surface area contributed by atoms with Gasteiger partial charge < -0.3 is 10.4 Å². The number of carboxylic acid groups (broad SMARTS) is 1. The van der Waals surface area contributed by atoms with Crippen LogP contribution >= 0.6 is 0 Å². The molecule has 3 N–H and O–H groups in total. The molecule has 1 aromatic heterocycles. The lowest BCUT2D eigenvalue weighted by Crippen LogP contribution is -2.46. The van der Waals surface area contributed by atoms with Crippen LogP contribution in [0.4, 0.5) is 5.69 Å². The molecule has 0 unspecified atom stereocenters. The summed E-state index contributed by atoms with van der Waals surface area (Å²) in [6.45, 7) is 5.06. The first-order chi connectivity index (χ1) is 12.0. The summed E-state index contributed by atoms with van der Waals surface area (Å²) in [5, 5.41) is 18.9. The Morgan fingerprint density at radius 1 is 1.36 bits per heavy atom. The van der Waals surface area contributed by atoms with Crippen molar-refractivity contribution >= 4 is 17.6 Å². The third-order valence-electron chi connectivity index (χ3n) is 4.61. The third-order valence-corrected chi connectivity index (χ3v) is 4.61. The van der Waals surface area contributed by atoms with Gasteiger partial charge >= 0.3 is 5.97 Å². The first-order valence-corrected chi connectivity index (χ1v) is 8.40. The molecule has 1 aromatic carbocycles. The second-order valence-corrected chi connectivity index (χ2v) is 6.33. The fraction of sp³-hybridized carbons (Fsp3) is 0.389. The smallest absolute Gasteiger partial charge is 0.356 e. The molecule has 7 heteroatoms. The zero-order chi connectivity index (χ0) is 18.0. The quantitative estimate of drug-likeness (QED) is 0.774. The molecule has 132 valence electrons.